The van der Waals surface area contributed by atoms with Gasteiger partial charge in [0.15, 0.2) is 0 Å². The fourth-order valence-corrected chi connectivity index (χ4v) is 0.721. The van der Waals surface area contributed by atoms with Gasteiger partial charge in [-0.15, -0.1) is 0 Å². The van der Waals surface area contributed by atoms with Crippen LogP contribution in [0.25, 0.3) is 0 Å². The molecule has 2 amide bonds. The SMILES string of the molecule is NNN1C(=O)CCC1=O. The van der Waals surface area contributed by atoms with E-state index in [-0.39, 0.29) is 24.7 Å². The maximum atomic E-state index is 10.6. The molecule has 1 heterocycles. The van der Waals surface area contributed by atoms with Crippen LogP contribution >= 0.6 is 0 Å². The Morgan fingerprint density at radius 1 is 1.33 bits per heavy atom. The van der Waals surface area contributed by atoms with Gasteiger partial charge < -0.3 is 0 Å². The van der Waals surface area contributed by atoms with Crippen LogP contribution in [0.4, 0.5) is 0 Å². The Balaban J connectivity index is 2.66. The van der Waals surface area contributed by atoms with Crippen molar-refractivity contribution < 1.29 is 9.59 Å². The molecule has 5 heteroatoms. The predicted molar refractivity (Wildman–Crippen MR) is 28.4 cm³/mol. The van der Waals surface area contributed by atoms with E-state index in [2.05, 4.69) is 0 Å². The maximum absolute atomic E-state index is 10.6. The van der Waals surface area contributed by atoms with Crippen LogP contribution in [0.3, 0.4) is 0 Å². The van der Waals surface area contributed by atoms with Gasteiger partial charge in [0.25, 0.3) is 0 Å². The summed E-state index contributed by atoms with van der Waals surface area (Å²) in [5.74, 6) is 4.33. The summed E-state index contributed by atoms with van der Waals surface area (Å²) in [5, 5.41) is 0.819. The zero-order chi connectivity index (χ0) is 6.85. The zero-order valence-electron chi connectivity index (χ0n) is 4.76. The van der Waals surface area contributed by atoms with Crippen molar-refractivity contribution in [1.82, 2.24) is 10.5 Å². The summed E-state index contributed by atoms with van der Waals surface area (Å²) in [7, 11) is 0. The minimum absolute atomic E-state index is 0.262. The third kappa shape index (κ3) is 0.914. The number of amides is 2. The first-order valence-corrected chi connectivity index (χ1v) is 2.57. The second kappa shape index (κ2) is 2.12. The number of carbonyl (C=O) groups excluding carboxylic acids is 2. The quantitative estimate of drug-likeness (QED) is 0.257. The summed E-state index contributed by atoms with van der Waals surface area (Å²) < 4.78 is 0. The van der Waals surface area contributed by atoms with Gasteiger partial charge in [0.05, 0.1) is 0 Å². The van der Waals surface area contributed by atoms with Crippen LogP contribution in [0, 0.1) is 0 Å². The first-order valence-electron chi connectivity index (χ1n) is 2.57. The smallest absolute Gasteiger partial charge is 0.245 e. The summed E-state index contributed by atoms with van der Waals surface area (Å²) in [5.41, 5.74) is 2.00. The Morgan fingerprint density at radius 3 is 2.00 bits per heavy atom. The van der Waals surface area contributed by atoms with Crippen molar-refractivity contribution >= 4 is 11.8 Å². The van der Waals surface area contributed by atoms with Crippen LogP contribution in [0.1, 0.15) is 12.8 Å². The van der Waals surface area contributed by atoms with Gasteiger partial charge in [-0.05, 0) is 0 Å². The molecule has 0 aromatic carbocycles. The molecule has 0 bridgehead atoms. The molecule has 0 atom stereocenters. The molecule has 0 aromatic heterocycles. The summed E-state index contributed by atoms with van der Waals surface area (Å²) in [6.07, 6.45) is 0.534. The molecule has 1 aliphatic rings. The molecule has 1 aliphatic heterocycles. The molecule has 0 saturated carbocycles. The molecule has 0 aromatic rings. The molecule has 1 saturated heterocycles. The summed E-state index contributed by atoms with van der Waals surface area (Å²) in [6.45, 7) is 0. The molecule has 0 aliphatic carbocycles. The first kappa shape index (κ1) is 6.18. The van der Waals surface area contributed by atoms with Crippen LogP contribution in [0.2, 0.25) is 0 Å². The van der Waals surface area contributed by atoms with E-state index >= 15 is 0 Å². The van der Waals surface area contributed by atoms with Crippen molar-refractivity contribution in [3.63, 3.8) is 0 Å². The number of rotatable bonds is 1. The Morgan fingerprint density at radius 2 is 1.78 bits per heavy atom. The average molecular weight is 129 g/mol. The van der Waals surface area contributed by atoms with E-state index in [1.54, 1.807) is 0 Å². The molecule has 3 N–H and O–H groups in total. The van der Waals surface area contributed by atoms with Gasteiger partial charge in [-0.2, -0.15) is 10.5 Å². The van der Waals surface area contributed by atoms with Crippen LogP contribution < -0.4 is 11.4 Å². The van der Waals surface area contributed by atoms with Crippen LogP contribution in [-0.4, -0.2) is 16.8 Å². The molecule has 0 unspecified atom stereocenters. The number of hydrogen-bond donors (Lipinski definition) is 2. The second-order valence-electron chi connectivity index (χ2n) is 1.75. The van der Waals surface area contributed by atoms with E-state index in [0.717, 1.165) is 5.01 Å². The zero-order valence-corrected chi connectivity index (χ0v) is 4.76. The Kier molecular flexibility index (Phi) is 1.46. The minimum atomic E-state index is -0.262. The highest BCUT2D eigenvalue weighted by molar-refractivity contribution is 6.01. The molecular weight excluding hydrogens is 122 g/mol. The van der Waals surface area contributed by atoms with Gasteiger partial charge in [0.2, 0.25) is 11.8 Å². The van der Waals surface area contributed by atoms with Crippen LogP contribution in [-0.2, 0) is 9.59 Å². The number of nitrogens with two attached hydrogens (primary N) is 1. The van der Waals surface area contributed by atoms with E-state index in [9.17, 15) is 9.59 Å². The average Bonchev–Trinajstić information content (AvgIpc) is 2.12. The van der Waals surface area contributed by atoms with E-state index in [4.69, 9.17) is 5.84 Å². The predicted octanol–water partition coefficient (Wildman–Crippen LogP) is -1.49. The van der Waals surface area contributed by atoms with Gasteiger partial charge in [-0.3, -0.25) is 15.4 Å². The molecular formula is C4H7N3O2. The van der Waals surface area contributed by atoms with Gasteiger partial charge in [0.1, 0.15) is 0 Å². The van der Waals surface area contributed by atoms with Crippen molar-refractivity contribution in [3.8, 4) is 0 Å². The van der Waals surface area contributed by atoms with Crippen LogP contribution in [0.5, 0.6) is 0 Å². The summed E-state index contributed by atoms with van der Waals surface area (Å²) >= 11 is 0. The number of nitrogens with one attached hydrogen (secondary N) is 1. The third-order valence-corrected chi connectivity index (χ3v) is 1.18. The Labute approximate surface area is 51.7 Å². The second-order valence-corrected chi connectivity index (χ2v) is 1.75. The standard InChI is InChI=1S/C4H7N3O2/c5-6-7-3(8)1-2-4(7)9/h6H,1-2,5H2. The number of carbonyl (C=O) groups is 2. The molecule has 0 radical (unpaired) electrons. The molecule has 0 spiro atoms. The highest BCUT2D eigenvalue weighted by Gasteiger charge is 2.27. The summed E-state index contributed by atoms with van der Waals surface area (Å²) in [6, 6.07) is 0. The van der Waals surface area contributed by atoms with E-state index in [1.807, 2.05) is 5.53 Å². The highest BCUT2D eigenvalue weighted by Crippen LogP contribution is 2.06. The Bertz CT molecular complexity index is 140. The fraction of sp³-hybridized carbons (Fsp3) is 0.500. The lowest BCUT2D eigenvalue weighted by Gasteiger charge is -2.08. The van der Waals surface area contributed by atoms with Crippen molar-refractivity contribution in [3.05, 3.63) is 0 Å². The fourth-order valence-electron chi connectivity index (χ4n) is 0.721. The first-order chi connectivity index (χ1) is 4.25. The number of hydrazine groups is 2. The highest BCUT2D eigenvalue weighted by atomic mass is 16.2. The van der Waals surface area contributed by atoms with Crippen molar-refractivity contribution in [2.24, 2.45) is 5.84 Å². The van der Waals surface area contributed by atoms with Gasteiger partial charge in [0, 0.05) is 12.8 Å². The van der Waals surface area contributed by atoms with Gasteiger partial charge in [-0.25, -0.2) is 0 Å². The Hall–Kier alpha value is -0.940. The lowest BCUT2D eigenvalue weighted by molar-refractivity contribution is -0.142. The minimum Gasteiger partial charge on any atom is -0.273 e. The van der Waals surface area contributed by atoms with Gasteiger partial charge >= 0.3 is 0 Å². The monoisotopic (exact) mass is 129 g/mol. The third-order valence-electron chi connectivity index (χ3n) is 1.18. The van der Waals surface area contributed by atoms with E-state index in [0.29, 0.717) is 0 Å². The normalized spacial score (nSPS) is 19.4. The molecule has 1 rings (SSSR count). The van der Waals surface area contributed by atoms with Gasteiger partial charge in [-0.1, -0.05) is 0 Å². The number of imide groups is 1. The van der Waals surface area contributed by atoms with Crippen LogP contribution in [0.15, 0.2) is 0 Å². The summed E-state index contributed by atoms with van der Waals surface area (Å²) in [4.78, 5) is 21.2. The van der Waals surface area contributed by atoms with Crippen molar-refractivity contribution in [1.29, 1.82) is 0 Å². The molecule has 9 heavy (non-hydrogen) atoms. The van der Waals surface area contributed by atoms with E-state index < -0.39 is 0 Å². The molecule has 5 nitrogen and oxygen atoms in total. The van der Waals surface area contributed by atoms with Crippen molar-refractivity contribution in [2.45, 2.75) is 12.8 Å². The lowest BCUT2D eigenvalue weighted by Crippen LogP contribution is -2.46. The maximum Gasteiger partial charge on any atom is 0.245 e. The number of hydrogen-bond acceptors (Lipinski definition) is 4. The number of nitrogens with zero attached hydrogens (tertiary/aromatic N) is 1. The van der Waals surface area contributed by atoms with E-state index in [1.165, 1.54) is 0 Å². The lowest BCUT2D eigenvalue weighted by atomic mass is 10.4. The topological polar surface area (TPSA) is 75.4 Å². The molecule has 1 fully saturated rings. The molecule has 50 valence electrons. The largest absolute Gasteiger partial charge is 0.273 e. The van der Waals surface area contributed by atoms with Crippen molar-refractivity contribution in [2.75, 3.05) is 0 Å².